The second kappa shape index (κ2) is 6.53. The molecule has 0 spiro atoms. The first-order valence-corrected chi connectivity index (χ1v) is 6.39. The van der Waals surface area contributed by atoms with E-state index in [-0.39, 0.29) is 5.97 Å². The van der Waals surface area contributed by atoms with E-state index in [2.05, 4.69) is 10.8 Å². The number of aryl methyl sites for hydroxylation is 1. The van der Waals surface area contributed by atoms with Crippen molar-refractivity contribution >= 4 is 5.97 Å². The van der Waals surface area contributed by atoms with E-state index in [4.69, 9.17) is 5.26 Å². The van der Waals surface area contributed by atoms with Gasteiger partial charge in [-0.25, -0.2) is 0 Å². The van der Waals surface area contributed by atoms with Crippen molar-refractivity contribution in [3.63, 3.8) is 0 Å². The van der Waals surface area contributed by atoms with Crippen LogP contribution in [0.1, 0.15) is 17.5 Å². The summed E-state index contributed by atoms with van der Waals surface area (Å²) in [6, 6.07) is 17.6. The molecule has 0 aliphatic carbocycles. The van der Waals surface area contributed by atoms with Crippen molar-refractivity contribution in [1.82, 2.24) is 0 Å². The average Bonchev–Trinajstić information content (AvgIpc) is 2.53. The van der Waals surface area contributed by atoms with Gasteiger partial charge in [0.1, 0.15) is 0 Å². The van der Waals surface area contributed by atoms with Gasteiger partial charge in [-0.2, -0.15) is 5.26 Å². The van der Waals surface area contributed by atoms with Crippen LogP contribution in [0.3, 0.4) is 0 Å². The van der Waals surface area contributed by atoms with Crippen molar-refractivity contribution in [3.05, 3.63) is 59.7 Å². The minimum absolute atomic E-state index is 0.193. The van der Waals surface area contributed by atoms with E-state index >= 15 is 0 Å². The SMILES string of the molecule is COC(=O)CCc1ccc(-c2ccc(C#N)cc2)cc1. The van der Waals surface area contributed by atoms with Crippen molar-refractivity contribution in [2.75, 3.05) is 7.11 Å². The molecule has 0 aliphatic heterocycles. The Balaban J connectivity index is 2.07. The van der Waals surface area contributed by atoms with Crippen molar-refractivity contribution in [3.8, 4) is 17.2 Å². The van der Waals surface area contributed by atoms with Crippen LogP contribution in [0.2, 0.25) is 0 Å². The summed E-state index contributed by atoms with van der Waals surface area (Å²) < 4.78 is 4.62. The number of nitriles is 1. The molecular formula is C17H15NO2. The van der Waals surface area contributed by atoms with Gasteiger partial charge in [0.05, 0.1) is 18.7 Å². The first kappa shape index (κ1) is 13.8. The van der Waals surface area contributed by atoms with E-state index in [9.17, 15) is 4.79 Å². The second-order valence-corrected chi connectivity index (χ2v) is 4.46. The standard InChI is InChI=1S/C17H15NO2/c1-20-17(19)11-6-13-2-7-15(8-3-13)16-9-4-14(12-18)5-10-16/h2-5,7-10H,6,11H2,1H3. The molecule has 0 fully saturated rings. The number of benzene rings is 2. The molecule has 2 aromatic rings. The monoisotopic (exact) mass is 265 g/mol. The highest BCUT2D eigenvalue weighted by molar-refractivity contribution is 5.69. The molecule has 0 heterocycles. The van der Waals surface area contributed by atoms with Gasteiger partial charge in [0.15, 0.2) is 0 Å². The van der Waals surface area contributed by atoms with Crippen molar-refractivity contribution in [1.29, 1.82) is 5.26 Å². The summed E-state index contributed by atoms with van der Waals surface area (Å²) >= 11 is 0. The van der Waals surface area contributed by atoms with Crippen LogP contribution in [-0.4, -0.2) is 13.1 Å². The molecule has 20 heavy (non-hydrogen) atoms. The number of ether oxygens (including phenoxy) is 1. The molecule has 0 saturated heterocycles. The highest BCUT2D eigenvalue weighted by Crippen LogP contribution is 2.20. The third kappa shape index (κ3) is 3.46. The second-order valence-electron chi connectivity index (χ2n) is 4.46. The van der Waals surface area contributed by atoms with Crippen LogP contribution in [0, 0.1) is 11.3 Å². The number of methoxy groups -OCH3 is 1. The fraction of sp³-hybridized carbons (Fsp3) is 0.176. The summed E-state index contributed by atoms with van der Waals surface area (Å²) in [5.41, 5.74) is 3.93. The molecule has 0 amide bonds. The lowest BCUT2D eigenvalue weighted by atomic mass is 10.0. The van der Waals surface area contributed by atoms with Crippen molar-refractivity contribution < 1.29 is 9.53 Å². The number of esters is 1. The Labute approximate surface area is 118 Å². The maximum atomic E-state index is 11.1. The van der Waals surface area contributed by atoms with Gasteiger partial charge in [-0.3, -0.25) is 4.79 Å². The van der Waals surface area contributed by atoms with E-state index in [0.717, 1.165) is 16.7 Å². The number of rotatable bonds is 4. The van der Waals surface area contributed by atoms with Gasteiger partial charge in [-0.15, -0.1) is 0 Å². The Morgan fingerprint density at radius 1 is 1.05 bits per heavy atom. The molecule has 3 heteroatoms. The summed E-state index contributed by atoms with van der Waals surface area (Å²) in [5.74, 6) is -0.193. The molecule has 0 bridgehead atoms. The largest absolute Gasteiger partial charge is 0.469 e. The Hall–Kier alpha value is -2.60. The summed E-state index contributed by atoms with van der Waals surface area (Å²) in [5, 5.41) is 8.77. The minimum atomic E-state index is -0.193. The summed E-state index contributed by atoms with van der Waals surface area (Å²) in [7, 11) is 1.40. The van der Waals surface area contributed by atoms with Crippen LogP contribution in [0.25, 0.3) is 11.1 Å². The first-order chi connectivity index (χ1) is 9.72. The molecule has 0 saturated carbocycles. The number of hydrogen-bond donors (Lipinski definition) is 0. The molecule has 0 unspecified atom stereocenters. The molecule has 0 aliphatic rings. The molecule has 3 nitrogen and oxygen atoms in total. The van der Waals surface area contributed by atoms with Crippen molar-refractivity contribution in [2.24, 2.45) is 0 Å². The number of hydrogen-bond acceptors (Lipinski definition) is 3. The maximum Gasteiger partial charge on any atom is 0.305 e. The molecule has 0 radical (unpaired) electrons. The zero-order chi connectivity index (χ0) is 14.4. The summed E-state index contributed by atoms with van der Waals surface area (Å²) in [4.78, 5) is 11.1. The highest BCUT2D eigenvalue weighted by atomic mass is 16.5. The van der Waals surface area contributed by atoms with Gasteiger partial charge >= 0.3 is 5.97 Å². The Morgan fingerprint density at radius 2 is 1.60 bits per heavy atom. The predicted molar refractivity (Wildman–Crippen MR) is 76.9 cm³/mol. The minimum Gasteiger partial charge on any atom is -0.469 e. The van der Waals surface area contributed by atoms with Gasteiger partial charge in [-0.05, 0) is 35.2 Å². The van der Waals surface area contributed by atoms with Gasteiger partial charge in [0.2, 0.25) is 0 Å². The fourth-order valence-corrected chi connectivity index (χ4v) is 1.95. The summed E-state index contributed by atoms with van der Waals surface area (Å²) in [6.07, 6.45) is 1.08. The van der Waals surface area contributed by atoms with Gasteiger partial charge in [0, 0.05) is 6.42 Å². The van der Waals surface area contributed by atoms with E-state index in [0.29, 0.717) is 18.4 Å². The van der Waals surface area contributed by atoms with E-state index in [1.54, 1.807) is 12.1 Å². The Morgan fingerprint density at radius 3 is 2.10 bits per heavy atom. The smallest absolute Gasteiger partial charge is 0.305 e. The number of nitrogens with zero attached hydrogens (tertiary/aromatic N) is 1. The predicted octanol–water partition coefficient (Wildman–Crippen LogP) is 3.33. The quantitative estimate of drug-likeness (QED) is 0.797. The number of carbonyl (C=O) groups excluding carboxylic acids is 1. The van der Waals surface area contributed by atoms with Crippen LogP contribution in [-0.2, 0) is 16.0 Å². The summed E-state index contributed by atoms with van der Waals surface area (Å²) in [6.45, 7) is 0. The third-order valence-corrected chi connectivity index (χ3v) is 3.15. The first-order valence-electron chi connectivity index (χ1n) is 6.39. The average molecular weight is 265 g/mol. The normalized spacial score (nSPS) is 9.80. The fourth-order valence-electron chi connectivity index (χ4n) is 1.95. The van der Waals surface area contributed by atoms with Gasteiger partial charge in [-0.1, -0.05) is 36.4 Å². The lowest BCUT2D eigenvalue weighted by Crippen LogP contribution is -2.01. The van der Waals surface area contributed by atoms with Crippen LogP contribution >= 0.6 is 0 Å². The topological polar surface area (TPSA) is 50.1 Å². The molecule has 0 N–H and O–H groups in total. The molecular weight excluding hydrogens is 250 g/mol. The van der Waals surface area contributed by atoms with Crippen LogP contribution in [0.15, 0.2) is 48.5 Å². The van der Waals surface area contributed by atoms with E-state index in [1.807, 2.05) is 36.4 Å². The molecule has 0 aromatic heterocycles. The molecule has 2 aromatic carbocycles. The van der Waals surface area contributed by atoms with Crippen LogP contribution in [0.4, 0.5) is 0 Å². The van der Waals surface area contributed by atoms with Gasteiger partial charge < -0.3 is 4.74 Å². The van der Waals surface area contributed by atoms with Crippen LogP contribution in [0.5, 0.6) is 0 Å². The number of carbonyl (C=O) groups is 1. The maximum absolute atomic E-state index is 11.1. The zero-order valence-electron chi connectivity index (χ0n) is 11.3. The Kier molecular flexibility index (Phi) is 4.52. The van der Waals surface area contributed by atoms with E-state index < -0.39 is 0 Å². The lowest BCUT2D eigenvalue weighted by Gasteiger charge is -2.04. The zero-order valence-corrected chi connectivity index (χ0v) is 11.3. The van der Waals surface area contributed by atoms with Crippen molar-refractivity contribution in [2.45, 2.75) is 12.8 Å². The lowest BCUT2D eigenvalue weighted by molar-refractivity contribution is -0.140. The van der Waals surface area contributed by atoms with Gasteiger partial charge in [0.25, 0.3) is 0 Å². The highest BCUT2D eigenvalue weighted by Gasteiger charge is 2.02. The third-order valence-electron chi connectivity index (χ3n) is 3.15. The molecule has 100 valence electrons. The van der Waals surface area contributed by atoms with E-state index in [1.165, 1.54) is 7.11 Å². The molecule has 2 rings (SSSR count). The Bertz CT molecular complexity index is 622. The molecule has 0 atom stereocenters. The van der Waals surface area contributed by atoms with Crippen LogP contribution < -0.4 is 0 Å².